The topological polar surface area (TPSA) is 107 Å². The third-order valence-electron chi connectivity index (χ3n) is 2.42. The number of halogens is 1. The molecule has 0 amide bonds. The average Bonchev–Trinajstić information content (AvgIpc) is 2.41. The van der Waals surface area contributed by atoms with Crippen molar-refractivity contribution in [2.24, 2.45) is 0 Å². The first kappa shape index (κ1) is 13.0. The van der Waals surface area contributed by atoms with Gasteiger partial charge in [0.2, 0.25) is 0 Å². The van der Waals surface area contributed by atoms with Gasteiger partial charge in [-0.2, -0.15) is 0 Å². The van der Waals surface area contributed by atoms with Crippen LogP contribution in [0.3, 0.4) is 0 Å². The Morgan fingerprint density at radius 2 is 2.00 bits per heavy atom. The van der Waals surface area contributed by atoms with Crippen LogP contribution in [0.15, 0.2) is 30.6 Å². The van der Waals surface area contributed by atoms with Gasteiger partial charge in [0.15, 0.2) is 5.82 Å². The van der Waals surface area contributed by atoms with Crippen LogP contribution < -0.4 is 11.1 Å². The number of nitro groups is 1. The van der Waals surface area contributed by atoms with Crippen LogP contribution in [0.25, 0.3) is 0 Å². The van der Waals surface area contributed by atoms with Gasteiger partial charge < -0.3 is 11.1 Å². The Balaban J connectivity index is 2.06. The quantitative estimate of drug-likeness (QED) is 0.656. The van der Waals surface area contributed by atoms with Gasteiger partial charge in [-0.15, -0.1) is 0 Å². The van der Waals surface area contributed by atoms with E-state index in [0.717, 1.165) is 5.56 Å². The molecule has 0 saturated carbocycles. The third-order valence-corrected chi connectivity index (χ3v) is 2.80. The summed E-state index contributed by atoms with van der Waals surface area (Å²) in [6, 6.07) is 6.19. The lowest BCUT2D eigenvalue weighted by Gasteiger charge is -2.07. The summed E-state index contributed by atoms with van der Waals surface area (Å²) < 4.78 is 0. The number of aromatic nitrogens is 2. The van der Waals surface area contributed by atoms with E-state index in [9.17, 15) is 10.1 Å². The van der Waals surface area contributed by atoms with E-state index in [4.69, 9.17) is 17.3 Å². The van der Waals surface area contributed by atoms with Crippen LogP contribution in [-0.4, -0.2) is 14.9 Å². The Morgan fingerprint density at radius 3 is 2.63 bits per heavy atom. The minimum absolute atomic E-state index is 0.0491. The summed E-state index contributed by atoms with van der Waals surface area (Å²) in [4.78, 5) is 17.8. The number of non-ortho nitro benzene ring substituents is 1. The van der Waals surface area contributed by atoms with Gasteiger partial charge in [-0.05, 0) is 5.56 Å². The van der Waals surface area contributed by atoms with Crippen molar-refractivity contribution in [3.8, 4) is 0 Å². The Bertz CT molecular complexity index is 603. The van der Waals surface area contributed by atoms with Crippen molar-refractivity contribution in [1.82, 2.24) is 9.97 Å². The van der Waals surface area contributed by atoms with E-state index < -0.39 is 4.92 Å². The van der Waals surface area contributed by atoms with Gasteiger partial charge >= 0.3 is 0 Å². The summed E-state index contributed by atoms with van der Waals surface area (Å²) in [6.07, 6.45) is 1.30. The molecule has 1 aromatic heterocycles. The molecule has 0 fully saturated rings. The number of nitrogens with two attached hydrogens (primary N) is 1. The number of nitrogen functional groups attached to an aromatic ring is 1. The van der Waals surface area contributed by atoms with E-state index in [0.29, 0.717) is 12.4 Å². The predicted molar refractivity (Wildman–Crippen MR) is 71.9 cm³/mol. The van der Waals surface area contributed by atoms with Crippen molar-refractivity contribution in [2.75, 3.05) is 11.1 Å². The zero-order valence-corrected chi connectivity index (χ0v) is 10.5. The van der Waals surface area contributed by atoms with E-state index in [1.165, 1.54) is 18.5 Å². The number of nitro benzene ring substituents is 1. The SMILES string of the molecule is Nc1ncnc(NCc2ccc([N+](=O)[O-])cc2)c1Cl. The molecule has 7 nitrogen and oxygen atoms in total. The van der Waals surface area contributed by atoms with Gasteiger partial charge in [0.1, 0.15) is 17.2 Å². The lowest BCUT2D eigenvalue weighted by molar-refractivity contribution is -0.384. The monoisotopic (exact) mass is 279 g/mol. The number of rotatable bonds is 4. The van der Waals surface area contributed by atoms with Gasteiger partial charge in [0, 0.05) is 18.7 Å². The largest absolute Gasteiger partial charge is 0.382 e. The molecule has 0 atom stereocenters. The summed E-state index contributed by atoms with van der Waals surface area (Å²) in [5.74, 6) is 0.621. The highest BCUT2D eigenvalue weighted by Crippen LogP contribution is 2.23. The molecule has 0 unspecified atom stereocenters. The lowest BCUT2D eigenvalue weighted by Crippen LogP contribution is -2.04. The van der Waals surface area contributed by atoms with Crippen molar-refractivity contribution in [2.45, 2.75) is 6.54 Å². The fourth-order valence-corrected chi connectivity index (χ4v) is 1.59. The summed E-state index contributed by atoms with van der Waals surface area (Å²) >= 11 is 5.92. The summed E-state index contributed by atoms with van der Waals surface area (Å²) in [5.41, 5.74) is 6.45. The van der Waals surface area contributed by atoms with Crippen molar-refractivity contribution in [3.63, 3.8) is 0 Å². The molecule has 2 aromatic rings. The maximum absolute atomic E-state index is 10.5. The highest BCUT2D eigenvalue weighted by molar-refractivity contribution is 6.35. The van der Waals surface area contributed by atoms with Crippen LogP contribution in [0.1, 0.15) is 5.56 Å². The zero-order valence-electron chi connectivity index (χ0n) is 9.71. The van der Waals surface area contributed by atoms with Crippen LogP contribution in [0, 0.1) is 10.1 Å². The molecule has 19 heavy (non-hydrogen) atoms. The van der Waals surface area contributed by atoms with Crippen molar-refractivity contribution in [3.05, 3.63) is 51.3 Å². The first-order valence-electron chi connectivity index (χ1n) is 5.31. The summed E-state index contributed by atoms with van der Waals surface area (Å²) in [7, 11) is 0. The first-order chi connectivity index (χ1) is 9.08. The number of nitrogens with zero attached hydrogens (tertiary/aromatic N) is 3. The average molecular weight is 280 g/mol. The Morgan fingerprint density at radius 1 is 1.32 bits per heavy atom. The van der Waals surface area contributed by atoms with Crippen molar-refractivity contribution >= 4 is 28.9 Å². The third kappa shape index (κ3) is 3.08. The first-order valence-corrected chi connectivity index (χ1v) is 5.69. The van der Waals surface area contributed by atoms with Crippen LogP contribution in [0.5, 0.6) is 0 Å². The van der Waals surface area contributed by atoms with Gasteiger partial charge in [-0.3, -0.25) is 10.1 Å². The fraction of sp³-hybridized carbons (Fsp3) is 0.0909. The second kappa shape index (κ2) is 5.49. The highest BCUT2D eigenvalue weighted by Gasteiger charge is 2.07. The molecule has 0 aliphatic heterocycles. The molecule has 0 aliphatic rings. The molecule has 1 heterocycles. The number of nitrogens with one attached hydrogen (secondary N) is 1. The number of hydrogen-bond donors (Lipinski definition) is 2. The minimum atomic E-state index is -0.445. The van der Waals surface area contributed by atoms with Crippen molar-refractivity contribution < 1.29 is 4.92 Å². The van der Waals surface area contributed by atoms with E-state index in [1.54, 1.807) is 12.1 Å². The standard InChI is InChI=1S/C11H10ClN5O2/c12-9-10(13)15-6-16-11(9)14-5-7-1-3-8(4-2-7)17(18)19/h1-4,6H,5H2,(H3,13,14,15,16). The summed E-state index contributed by atoms with van der Waals surface area (Å²) in [6.45, 7) is 0.425. The molecule has 0 saturated heterocycles. The summed E-state index contributed by atoms with van der Waals surface area (Å²) in [5, 5.41) is 13.8. The second-order valence-corrected chi connectivity index (χ2v) is 4.08. The van der Waals surface area contributed by atoms with E-state index in [2.05, 4.69) is 15.3 Å². The molecule has 0 aliphatic carbocycles. The molecule has 0 radical (unpaired) electrons. The van der Waals surface area contributed by atoms with Gasteiger partial charge in [-0.25, -0.2) is 9.97 Å². The minimum Gasteiger partial charge on any atom is -0.382 e. The molecule has 8 heteroatoms. The van der Waals surface area contributed by atoms with Gasteiger partial charge in [0.05, 0.1) is 4.92 Å². The molecular formula is C11H10ClN5O2. The Labute approximate surface area is 113 Å². The van der Waals surface area contributed by atoms with E-state index in [1.807, 2.05) is 0 Å². The number of hydrogen-bond acceptors (Lipinski definition) is 6. The molecule has 0 spiro atoms. The highest BCUT2D eigenvalue weighted by atomic mass is 35.5. The Hall–Kier alpha value is -2.41. The number of benzene rings is 1. The number of anilines is 2. The zero-order chi connectivity index (χ0) is 13.8. The van der Waals surface area contributed by atoms with Crippen LogP contribution >= 0.6 is 11.6 Å². The van der Waals surface area contributed by atoms with E-state index >= 15 is 0 Å². The molecule has 2 rings (SSSR count). The molecule has 98 valence electrons. The maximum Gasteiger partial charge on any atom is 0.269 e. The maximum atomic E-state index is 10.5. The molecular weight excluding hydrogens is 270 g/mol. The van der Waals surface area contributed by atoms with Crippen LogP contribution in [0.4, 0.5) is 17.3 Å². The van der Waals surface area contributed by atoms with Crippen LogP contribution in [-0.2, 0) is 6.54 Å². The van der Waals surface area contributed by atoms with Crippen molar-refractivity contribution in [1.29, 1.82) is 0 Å². The molecule has 3 N–H and O–H groups in total. The Kier molecular flexibility index (Phi) is 3.76. The predicted octanol–water partition coefficient (Wildman–Crippen LogP) is 2.23. The van der Waals surface area contributed by atoms with Crippen LogP contribution in [0.2, 0.25) is 5.02 Å². The smallest absolute Gasteiger partial charge is 0.269 e. The lowest BCUT2D eigenvalue weighted by atomic mass is 10.2. The van der Waals surface area contributed by atoms with Gasteiger partial charge in [-0.1, -0.05) is 23.7 Å². The normalized spacial score (nSPS) is 10.2. The molecule has 0 bridgehead atoms. The van der Waals surface area contributed by atoms with Gasteiger partial charge in [0.25, 0.3) is 5.69 Å². The second-order valence-electron chi connectivity index (χ2n) is 3.70. The van der Waals surface area contributed by atoms with E-state index in [-0.39, 0.29) is 16.5 Å². The molecule has 1 aromatic carbocycles. The fourth-order valence-electron chi connectivity index (χ4n) is 1.43.